The van der Waals surface area contributed by atoms with E-state index in [9.17, 15) is 9.59 Å². The van der Waals surface area contributed by atoms with E-state index in [2.05, 4.69) is 20.5 Å². The van der Waals surface area contributed by atoms with Gasteiger partial charge in [-0.05, 0) is 42.7 Å². The van der Waals surface area contributed by atoms with Crippen LogP contribution in [0.15, 0.2) is 42.7 Å². The summed E-state index contributed by atoms with van der Waals surface area (Å²) in [6, 6.07) is 9.16. The van der Waals surface area contributed by atoms with Gasteiger partial charge in [-0.1, -0.05) is 6.07 Å². The average molecular weight is 322 g/mol. The molecule has 122 valence electrons. The number of carbonyl (C=O) groups excluding carboxylic acids is 2. The summed E-state index contributed by atoms with van der Waals surface area (Å²) in [5.74, 6) is -0.146. The number of nitrogens with zero attached hydrogens (tertiary/aromatic N) is 2. The minimum Gasteiger partial charge on any atom is -0.358 e. The molecule has 2 amide bonds. The molecule has 1 atom stereocenters. The predicted molar refractivity (Wildman–Crippen MR) is 90.8 cm³/mol. The number of hydrogen-bond acceptors (Lipinski definition) is 4. The van der Waals surface area contributed by atoms with Crippen LogP contribution >= 0.6 is 0 Å². The summed E-state index contributed by atoms with van der Waals surface area (Å²) in [6.07, 6.45) is 5.33. The number of fused-ring (bicyclic) bond motifs is 3. The SMILES string of the molecule is O=C(NCc1cccnc1)c1ccc2c(c1)NC(=O)[C@@H]1CCCN21. The molecule has 0 aliphatic carbocycles. The maximum atomic E-state index is 12.4. The smallest absolute Gasteiger partial charge is 0.251 e. The highest BCUT2D eigenvalue weighted by Crippen LogP contribution is 2.37. The number of pyridine rings is 1. The Morgan fingerprint density at radius 3 is 3.12 bits per heavy atom. The van der Waals surface area contributed by atoms with Crippen molar-refractivity contribution in [1.82, 2.24) is 10.3 Å². The summed E-state index contributed by atoms with van der Waals surface area (Å²) in [5.41, 5.74) is 3.20. The Balaban J connectivity index is 1.52. The van der Waals surface area contributed by atoms with Crippen LogP contribution in [0.4, 0.5) is 11.4 Å². The molecule has 2 N–H and O–H groups in total. The molecule has 0 spiro atoms. The van der Waals surface area contributed by atoms with E-state index in [4.69, 9.17) is 0 Å². The van der Waals surface area contributed by atoms with Crippen molar-refractivity contribution in [2.75, 3.05) is 16.8 Å². The quantitative estimate of drug-likeness (QED) is 0.905. The molecule has 4 rings (SSSR count). The second-order valence-corrected chi connectivity index (χ2v) is 6.12. The van der Waals surface area contributed by atoms with Crippen molar-refractivity contribution in [1.29, 1.82) is 0 Å². The monoisotopic (exact) mass is 322 g/mol. The number of hydrogen-bond donors (Lipinski definition) is 2. The van der Waals surface area contributed by atoms with Crippen LogP contribution < -0.4 is 15.5 Å². The van der Waals surface area contributed by atoms with Gasteiger partial charge in [0.25, 0.3) is 5.91 Å². The van der Waals surface area contributed by atoms with Crippen molar-refractivity contribution >= 4 is 23.2 Å². The first kappa shape index (κ1) is 14.7. The second-order valence-electron chi connectivity index (χ2n) is 6.12. The molecule has 0 bridgehead atoms. The molecule has 0 radical (unpaired) electrons. The van der Waals surface area contributed by atoms with Crippen molar-refractivity contribution in [2.24, 2.45) is 0 Å². The molecular formula is C18H18N4O2. The zero-order valence-corrected chi connectivity index (χ0v) is 13.2. The normalized spacial score (nSPS) is 18.6. The van der Waals surface area contributed by atoms with Crippen molar-refractivity contribution in [2.45, 2.75) is 25.4 Å². The second kappa shape index (κ2) is 5.96. The van der Waals surface area contributed by atoms with Gasteiger partial charge in [0, 0.05) is 31.0 Å². The molecule has 3 heterocycles. The van der Waals surface area contributed by atoms with Crippen LogP contribution in [-0.4, -0.2) is 29.4 Å². The summed E-state index contributed by atoms with van der Waals surface area (Å²) < 4.78 is 0. The number of carbonyl (C=O) groups is 2. The third kappa shape index (κ3) is 2.60. The van der Waals surface area contributed by atoms with Crippen LogP contribution in [0.2, 0.25) is 0 Å². The molecule has 24 heavy (non-hydrogen) atoms. The number of aromatic nitrogens is 1. The Morgan fingerprint density at radius 2 is 2.29 bits per heavy atom. The largest absolute Gasteiger partial charge is 0.358 e. The van der Waals surface area contributed by atoms with E-state index in [1.54, 1.807) is 18.5 Å². The van der Waals surface area contributed by atoms with Gasteiger partial charge in [0.1, 0.15) is 6.04 Å². The van der Waals surface area contributed by atoms with Gasteiger partial charge in [0.05, 0.1) is 11.4 Å². The molecular weight excluding hydrogens is 304 g/mol. The van der Waals surface area contributed by atoms with E-state index in [-0.39, 0.29) is 17.9 Å². The summed E-state index contributed by atoms with van der Waals surface area (Å²) in [7, 11) is 0. The minimum atomic E-state index is -0.167. The lowest BCUT2D eigenvalue weighted by Gasteiger charge is -2.33. The van der Waals surface area contributed by atoms with E-state index in [0.29, 0.717) is 17.8 Å². The fourth-order valence-electron chi connectivity index (χ4n) is 3.36. The Labute approximate surface area is 139 Å². The van der Waals surface area contributed by atoms with Gasteiger partial charge in [-0.25, -0.2) is 0 Å². The lowest BCUT2D eigenvalue weighted by Crippen LogP contribution is -2.44. The standard InChI is InChI=1S/C18H18N4O2/c23-17(20-11-12-3-1-7-19-10-12)13-5-6-15-14(9-13)21-18(24)16-4-2-8-22(15)16/h1,3,5-7,9-10,16H,2,4,8,11H2,(H,20,23)(H,21,24)/t16-/m0/s1. The molecule has 1 fully saturated rings. The third-order valence-corrected chi connectivity index (χ3v) is 4.56. The molecule has 1 aromatic carbocycles. The molecule has 1 saturated heterocycles. The molecule has 6 heteroatoms. The lowest BCUT2D eigenvalue weighted by atomic mass is 10.1. The van der Waals surface area contributed by atoms with Crippen LogP contribution in [0, 0.1) is 0 Å². The molecule has 2 aliphatic heterocycles. The topological polar surface area (TPSA) is 74.3 Å². The van der Waals surface area contributed by atoms with Gasteiger partial charge in [-0.3, -0.25) is 14.6 Å². The number of benzene rings is 1. The first-order valence-electron chi connectivity index (χ1n) is 8.11. The van der Waals surface area contributed by atoms with Crippen LogP contribution in [0.25, 0.3) is 0 Å². The number of amides is 2. The summed E-state index contributed by atoms with van der Waals surface area (Å²) >= 11 is 0. The summed E-state index contributed by atoms with van der Waals surface area (Å²) in [6.45, 7) is 1.31. The zero-order valence-electron chi connectivity index (χ0n) is 13.2. The van der Waals surface area contributed by atoms with E-state index >= 15 is 0 Å². The summed E-state index contributed by atoms with van der Waals surface area (Å²) in [5, 5.41) is 5.80. The van der Waals surface area contributed by atoms with Crippen molar-refractivity contribution < 1.29 is 9.59 Å². The average Bonchev–Trinajstić information content (AvgIpc) is 3.11. The Kier molecular flexibility index (Phi) is 3.65. The number of nitrogens with one attached hydrogen (secondary N) is 2. The van der Waals surface area contributed by atoms with Crippen LogP contribution in [0.3, 0.4) is 0 Å². The van der Waals surface area contributed by atoms with Crippen LogP contribution in [-0.2, 0) is 11.3 Å². The zero-order chi connectivity index (χ0) is 16.5. The van der Waals surface area contributed by atoms with Crippen molar-refractivity contribution in [3.05, 3.63) is 53.9 Å². The highest BCUT2D eigenvalue weighted by atomic mass is 16.2. The summed E-state index contributed by atoms with van der Waals surface area (Å²) in [4.78, 5) is 30.7. The van der Waals surface area contributed by atoms with Gasteiger partial charge in [0.15, 0.2) is 0 Å². The van der Waals surface area contributed by atoms with Crippen LogP contribution in [0.5, 0.6) is 0 Å². The van der Waals surface area contributed by atoms with E-state index in [1.165, 1.54) is 0 Å². The minimum absolute atomic E-state index is 0.0212. The fourth-order valence-corrected chi connectivity index (χ4v) is 3.36. The van der Waals surface area contributed by atoms with E-state index < -0.39 is 0 Å². The van der Waals surface area contributed by atoms with Gasteiger partial charge in [0.2, 0.25) is 5.91 Å². The first-order valence-corrected chi connectivity index (χ1v) is 8.11. The van der Waals surface area contributed by atoms with E-state index in [1.807, 2.05) is 24.3 Å². The van der Waals surface area contributed by atoms with Gasteiger partial charge in [-0.2, -0.15) is 0 Å². The fraction of sp³-hybridized carbons (Fsp3) is 0.278. The van der Waals surface area contributed by atoms with Crippen molar-refractivity contribution in [3.8, 4) is 0 Å². The third-order valence-electron chi connectivity index (χ3n) is 4.56. The number of rotatable bonds is 3. The molecule has 1 aromatic heterocycles. The van der Waals surface area contributed by atoms with Crippen LogP contribution in [0.1, 0.15) is 28.8 Å². The predicted octanol–water partition coefficient (Wildman–Crippen LogP) is 1.93. The molecule has 0 unspecified atom stereocenters. The van der Waals surface area contributed by atoms with Gasteiger partial charge < -0.3 is 15.5 Å². The molecule has 0 saturated carbocycles. The Hall–Kier alpha value is -2.89. The highest BCUT2D eigenvalue weighted by molar-refractivity contribution is 6.06. The Bertz CT molecular complexity index is 791. The van der Waals surface area contributed by atoms with Gasteiger partial charge >= 0.3 is 0 Å². The maximum absolute atomic E-state index is 12.4. The number of anilines is 2. The molecule has 6 nitrogen and oxygen atoms in total. The highest BCUT2D eigenvalue weighted by Gasteiger charge is 2.36. The van der Waals surface area contributed by atoms with Gasteiger partial charge in [-0.15, -0.1) is 0 Å². The molecule has 2 aromatic rings. The lowest BCUT2D eigenvalue weighted by molar-refractivity contribution is -0.117. The van der Waals surface area contributed by atoms with Crippen molar-refractivity contribution in [3.63, 3.8) is 0 Å². The molecule has 2 aliphatic rings. The van der Waals surface area contributed by atoms with E-state index in [0.717, 1.165) is 30.6 Å². The first-order chi connectivity index (χ1) is 11.7. The Morgan fingerprint density at radius 1 is 1.38 bits per heavy atom. The maximum Gasteiger partial charge on any atom is 0.251 e.